The van der Waals surface area contributed by atoms with Gasteiger partial charge in [-0.1, -0.05) is 23.5 Å². The average molecular weight is 385 g/mol. The molecule has 0 bridgehead atoms. The van der Waals surface area contributed by atoms with Crippen LogP contribution in [0.1, 0.15) is 53.3 Å². The van der Waals surface area contributed by atoms with Crippen molar-refractivity contribution in [2.75, 3.05) is 11.9 Å². The van der Waals surface area contributed by atoms with E-state index in [2.05, 4.69) is 20.6 Å². The fraction of sp³-hybridized carbons (Fsp3) is 0.389. The predicted octanol–water partition coefficient (Wildman–Crippen LogP) is 2.81. The molecule has 2 heterocycles. The number of aromatic nitrogens is 4. The SMILES string of the molecule is CCOC(=O)c1ccccc1NC(=O)CCc1nn2c(C3CC3)nnc2s1. The van der Waals surface area contributed by atoms with E-state index in [4.69, 9.17) is 4.74 Å². The van der Waals surface area contributed by atoms with E-state index >= 15 is 0 Å². The maximum atomic E-state index is 12.3. The molecule has 0 unspecified atom stereocenters. The van der Waals surface area contributed by atoms with Gasteiger partial charge in [0.1, 0.15) is 5.01 Å². The molecule has 1 saturated carbocycles. The average Bonchev–Trinajstić information content (AvgIpc) is 3.30. The third-order valence-corrected chi connectivity index (χ3v) is 5.22. The van der Waals surface area contributed by atoms with Gasteiger partial charge in [0.15, 0.2) is 5.82 Å². The van der Waals surface area contributed by atoms with Crippen LogP contribution in [0, 0.1) is 0 Å². The van der Waals surface area contributed by atoms with Crippen LogP contribution in [0.4, 0.5) is 5.69 Å². The first-order chi connectivity index (χ1) is 13.2. The molecule has 4 rings (SSSR count). The molecule has 1 aliphatic carbocycles. The lowest BCUT2D eigenvalue weighted by molar-refractivity contribution is -0.116. The third-order valence-electron chi connectivity index (χ3n) is 4.26. The molecule has 8 nitrogen and oxygen atoms in total. The van der Waals surface area contributed by atoms with Crippen LogP contribution < -0.4 is 5.32 Å². The van der Waals surface area contributed by atoms with Crippen molar-refractivity contribution >= 4 is 33.9 Å². The van der Waals surface area contributed by atoms with Crippen molar-refractivity contribution in [3.8, 4) is 0 Å². The number of ether oxygens (including phenoxy) is 1. The van der Waals surface area contributed by atoms with Crippen LogP contribution >= 0.6 is 11.3 Å². The van der Waals surface area contributed by atoms with Gasteiger partial charge in [0, 0.05) is 18.8 Å². The molecule has 1 aliphatic rings. The fourth-order valence-corrected chi connectivity index (χ4v) is 3.62. The maximum absolute atomic E-state index is 12.3. The number of carbonyl (C=O) groups excluding carboxylic acids is 2. The molecule has 1 fully saturated rings. The van der Waals surface area contributed by atoms with Gasteiger partial charge in [-0.05, 0) is 31.9 Å². The highest BCUT2D eigenvalue weighted by molar-refractivity contribution is 7.16. The Morgan fingerprint density at radius 2 is 2.11 bits per heavy atom. The van der Waals surface area contributed by atoms with Crippen molar-refractivity contribution in [3.63, 3.8) is 0 Å². The summed E-state index contributed by atoms with van der Waals surface area (Å²) in [5, 5.41) is 16.5. The van der Waals surface area contributed by atoms with E-state index in [0.717, 1.165) is 28.6 Å². The van der Waals surface area contributed by atoms with Crippen LogP contribution in [0.5, 0.6) is 0 Å². The molecule has 0 saturated heterocycles. The number of anilines is 1. The summed E-state index contributed by atoms with van der Waals surface area (Å²) in [5.74, 6) is 0.757. The molecule has 0 radical (unpaired) electrons. The Morgan fingerprint density at radius 3 is 2.89 bits per heavy atom. The number of fused-ring (bicyclic) bond motifs is 1. The number of hydrogen-bond acceptors (Lipinski definition) is 7. The molecular formula is C18H19N5O3S. The van der Waals surface area contributed by atoms with Crippen molar-refractivity contribution in [1.29, 1.82) is 0 Å². The Morgan fingerprint density at radius 1 is 1.30 bits per heavy atom. The van der Waals surface area contributed by atoms with E-state index in [1.54, 1.807) is 35.7 Å². The van der Waals surface area contributed by atoms with Gasteiger partial charge in [-0.25, -0.2) is 4.79 Å². The number of aryl methyl sites for hydroxylation is 1. The van der Waals surface area contributed by atoms with Gasteiger partial charge in [0.25, 0.3) is 0 Å². The lowest BCUT2D eigenvalue weighted by atomic mass is 10.1. The minimum atomic E-state index is -0.449. The zero-order chi connectivity index (χ0) is 18.8. The molecule has 27 heavy (non-hydrogen) atoms. The van der Waals surface area contributed by atoms with E-state index in [1.807, 2.05) is 0 Å². The summed E-state index contributed by atoms with van der Waals surface area (Å²) < 4.78 is 6.82. The molecular weight excluding hydrogens is 366 g/mol. The first-order valence-corrected chi connectivity index (χ1v) is 9.74. The Bertz CT molecular complexity index is 992. The highest BCUT2D eigenvalue weighted by atomic mass is 32.1. The Kier molecular flexibility index (Phi) is 4.85. The maximum Gasteiger partial charge on any atom is 0.340 e. The summed E-state index contributed by atoms with van der Waals surface area (Å²) in [4.78, 5) is 25.1. The first kappa shape index (κ1) is 17.6. The van der Waals surface area contributed by atoms with Gasteiger partial charge < -0.3 is 10.1 Å². The Balaban J connectivity index is 1.39. The molecule has 9 heteroatoms. The molecule has 140 valence electrons. The van der Waals surface area contributed by atoms with Crippen molar-refractivity contribution in [2.24, 2.45) is 0 Å². The van der Waals surface area contributed by atoms with Crippen molar-refractivity contribution in [1.82, 2.24) is 19.8 Å². The van der Waals surface area contributed by atoms with Crippen LogP contribution in [0.3, 0.4) is 0 Å². The van der Waals surface area contributed by atoms with Crippen molar-refractivity contribution in [2.45, 2.75) is 38.5 Å². The molecule has 1 N–H and O–H groups in total. The molecule has 0 aliphatic heterocycles. The van der Waals surface area contributed by atoms with Crippen molar-refractivity contribution in [3.05, 3.63) is 40.7 Å². The zero-order valence-corrected chi connectivity index (χ0v) is 15.7. The molecule has 1 amide bonds. The van der Waals surface area contributed by atoms with Crippen LogP contribution in [0.25, 0.3) is 4.96 Å². The molecule has 3 aromatic rings. The second-order valence-corrected chi connectivity index (χ2v) is 7.38. The first-order valence-electron chi connectivity index (χ1n) is 8.92. The second-order valence-electron chi connectivity index (χ2n) is 6.34. The minimum Gasteiger partial charge on any atom is -0.462 e. The quantitative estimate of drug-likeness (QED) is 0.628. The number of rotatable bonds is 7. The number of esters is 1. The van der Waals surface area contributed by atoms with Gasteiger partial charge >= 0.3 is 5.97 Å². The Hall–Kier alpha value is -2.81. The molecule has 1 aromatic carbocycles. The topological polar surface area (TPSA) is 98.5 Å². The molecule has 2 aromatic heterocycles. The number of amides is 1. The van der Waals surface area contributed by atoms with Crippen LogP contribution in [-0.2, 0) is 16.0 Å². The van der Waals surface area contributed by atoms with E-state index in [-0.39, 0.29) is 18.9 Å². The number of nitrogens with zero attached hydrogens (tertiary/aromatic N) is 4. The molecule has 0 spiro atoms. The normalized spacial score (nSPS) is 13.7. The van der Waals surface area contributed by atoms with E-state index < -0.39 is 5.97 Å². The minimum absolute atomic E-state index is 0.180. The summed E-state index contributed by atoms with van der Waals surface area (Å²) in [7, 11) is 0. The zero-order valence-electron chi connectivity index (χ0n) is 14.8. The highest BCUT2D eigenvalue weighted by Crippen LogP contribution is 2.39. The monoisotopic (exact) mass is 385 g/mol. The van der Waals surface area contributed by atoms with Gasteiger partial charge in [-0.3, -0.25) is 4.79 Å². The van der Waals surface area contributed by atoms with Crippen molar-refractivity contribution < 1.29 is 14.3 Å². The van der Waals surface area contributed by atoms with Crippen LogP contribution in [0.2, 0.25) is 0 Å². The predicted molar refractivity (Wildman–Crippen MR) is 100.0 cm³/mol. The highest BCUT2D eigenvalue weighted by Gasteiger charge is 2.30. The standard InChI is InChI=1S/C18H19N5O3S/c1-2-26-17(25)12-5-3-4-6-13(12)19-14(24)9-10-15-22-23-16(11-7-8-11)20-21-18(23)27-15/h3-6,11H,2,7-10H2,1H3,(H,19,24). The lowest BCUT2D eigenvalue weighted by Crippen LogP contribution is -2.16. The smallest absolute Gasteiger partial charge is 0.340 e. The van der Waals surface area contributed by atoms with Gasteiger partial charge in [-0.15, -0.1) is 10.2 Å². The van der Waals surface area contributed by atoms with E-state index in [9.17, 15) is 9.59 Å². The summed E-state index contributed by atoms with van der Waals surface area (Å²) in [5.41, 5.74) is 0.802. The number of hydrogen-bond donors (Lipinski definition) is 1. The summed E-state index contributed by atoms with van der Waals surface area (Å²) in [6.07, 6.45) is 3.04. The largest absolute Gasteiger partial charge is 0.462 e. The van der Waals surface area contributed by atoms with Crippen LogP contribution in [0.15, 0.2) is 24.3 Å². The van der Waals surface area contributed by atoms with E-state index in [0.29, 0.717) is 23.6 Å². The molecule has 0 atom stereocenters. The number of para-hydroxylation sites is 1. The third kappa shape index (κ3) is 3.82. The second kappa shape index (κ2) is 7.43. The summed E-state index contributed by atoms with van der Waals surface area (Å²) >= 11 is 1.45. The lowest BCUT2D eigenvalue weighted by Gasteiger charge is -2.09. The van der Waals surface area contributed by atoms with E-state index in [1.165, 1.54) is 11.3 Å². The van der Waals surface area contributed by atoms with Crippen LogP contribution in [-0.4, -0.2) is 38.3 Å². The summed E-state index contributed by atoms with van der Waals surface area (Å²) in [6, 6.07) is 6.82. The number of benzene rings is 1. The number of nitrogens with one attached hydrogen (secondary N) is 1. The fourth-order valence-electron chi connectivity index (χ4n) is 2.78. The number of carbonyl (C=O) groups is 2. The Labute approximate surface area is 159 Å². The van der Waals surface area contributed by atoms with Gasteiger partial charge in [0.2, 0.25) is 10.9 Å². The van der Waals surface area contributed by atoms with Gasteiger partial charge in [0.05, 0.1) is 17.9 Å². The summed E-state index contributed by atoms with van der Waals surface area (Å²) in [6.45, 7) is 2.03. The van der Waals surface area contributed by atoms with Gasteiger partial charge in [-0.2, -0.15) is 9.61 Å².